The van der Waals surface area contributed by atoms with E-state index in [-0.39, 0.29) is 11.9 Å². The van der Waals surface area contributed by atoms with E-state index in [1.807, 2.05) is 18.7 Å². The molecule has 0 aliphatic heterocycles. The van der Waals surface area contributed by atoms with Crippen LogP contribution in [0.3, 0.4) is 0 Å². The minimum Gasteiger partial charge on any atom is -0.480 e. The van der Waals surface area contributed by atoms with Crippen molar-refractivity contribution in [1.82, 2.24) is 9.88 Å². The maximum Gasteiger partial charge on any atom is 0.323 e. The van der Waals surface area contributed by atoms with Crippen LogP contribution in [0.1, 0.15) is 45.9 Å². The van der Waals surface area contributed by atoms with Crippen molar-refractivity contribution in [2.24, 2.45) is 0 Å². The van der Waals surface area contributed by atoms with Crippen molar-refractivity contribution < 1.29 is 14.3 Å². The lowest BCUT2D eigenvalue weighted by molar-refractivity contribution is -0.151. The van der Waals surface area contributed by atoms with Gasteiger partial charge in [-0.1, -0.05) is 13.8 Å². The highest BCUT2D eigenvalue weighted by Crippen LogP contribution is 2.29. The zero-order valence-electron chi connectivity index (χ0n) is 11.9. The van der Waals surface area contributed by atoms with Crippen molar-refractivity contribution in [1.29, 1.82) is 0 Å². The van der Waals surface area contributed by atoms with Gasteiger partial charge in [0.25, 0.3) is 0 Å². The first kappa shape index (κ1) is 15.6. The number of hydrogen-bond donors (Lipinski definition) is 1. The summed E-state index contributed by atoms with van der Waals surface area (Å²) in [6, 6.07) is 2.83. The molecule has 1 aromatic rings. The van der Waals surface area contributed by atoms with Gasteiger partial charge in [0.1, 0.15) is 11.4 Å². The topological polar surface area (TPSA) is 53.4 Å². The highest BCUT2D eigenvalue weighted by molar-refractivity contribution is 5.77. The van der Waals surface area contributed by atoms with Crippen LogP contribution in [0.15, 0.2) is 18.3 Å². The summed E-state index contributed by atoms with van der Waals surface area (Å²) >= 11 is 0. The molecule has 0 radical (unpaired) electrons. The second-order valence-electron chi connectivity index (χ2n) is 4.98. The Morgan fingerprint density at radius 3 is 2.47 bits per heavy atom. The van der Waals surface area contributed by atoms with E-state index in [1.165, 1.54) is 12.3 Å². The van der Waals surface area contributed by atoms with Crippen molar-refractivity contribution >= 4 is 5.97 Å². The second-order valence-corrected chi connectivity index (χ2v) is 4.98. The average Bonchev–Trinajstić information content (AvgIpc) is 2.36. The van der Waals surface area contributed by atoms with E-state index in [2.05, 4.69) is 4.98 Å². The van der Waals surface area contributed by atoms with E-state index in [0.717, 1.165) is 0 Å². The molecule has 1 heterocycles. The summed E-state index contributed by atoms with van der Waals surface area (Å²) in [5.74, 6) is -1.27. The van der Waals surface area contributed by atoms with Crippen LogP contribution in [-0.2, 0) is 4.79 Å². The molecule has 1 atom stereocenters. The molecule has 106 valence electrons. The first-order valence-electron chi connectivity index (χ1n) is 6.46. The van der Waals surface area contributed by atoms with Crippen LogP contribution < -0.4 is 0 Å². The minimum absolute atomic E-state index is 0.142. The first-order chi connectivity index (χ1) is 8.84. The molecule has 0 amide bonds. The van der Waals surface area contributed by atoms with Crippen LogP contribution in [0.2, 0.25) is 0 Å². The third-order valence-electron chi connectivity index (χ3n) is 3.44. The number of likely N-dealkylation sites (N-methyl/N-ethyl adjacent to an activating group) is 1. The van der Waals surface area contributed by atoms with Gasteiger partial charge in [0.05, 0.1) is 17.9 Å². The van der Waals surface area contributed by atoms with Crippen LogP contribution in [0.5, 0.6) is 0 Å². The lowest BCUT2D eigenvalue weighted by atomic mass is 9.97. The van der Waals surface area contributed by atoms with Gasteiger partial charge in [-0.3, -0.25) is 14.7 Å². The van der Waals surface area contributed by atoms with E-state index >= 15 is 0 Å². The molecule has 0 spiro atoms. The molecule has 1 N–H and O–H groups in total. The van der Waals surface area contributed by atoms with Gasteiger partial charge in [0.2, 0.25) is 0 Å². The third kappa shape index (κ3) is 3.29. The Morgan fingerprint density at radius 2 is 2.11 bits per heavy atom. The van der Waals surface area contributed by atoms with E-state index in [4.69, 9.17) is 0 Å². The molecule has 1 aromatic heterocycles. The van der Waals surface area contributed by atoms with Crippen molar-refractivity contribution in [2.75, 3.05) is 6.54 Å². The van der Waals surface area contributed by atoms with Crippen molar-refractivity contribution in [3.05, 3.63) is 29.8 Å². The molecule has 0 fully saturated rings. The number of nitrogens with zero attached hydrogens (tertiary/aromatic N) is 2. The Labute approximate surface area is 113 Å². The SMILES string of the molecule is CCC(c1ccc(F)cn1)N(CC)C(C)(C)C(=O)O. The monoisotopic (exact) mass is 268 g/mol. The lowest BCUT2D eigenvalue weighted by Gasteiger charge is -2.39. The van der Waals surface area contributed by atoms with E-state index in [9.17, 15) is 14.3 Å². The summed E-state index contributed by atoms with van der Waals surface area (Å²) in [6.07, 6.45) is 1.88. The van der Waals surface area contributed by atoms with Crippen LogP contribution in [0.4, 0.5) is 4.39 Å². The van der Waals surface area contributed by atoms with Crippen LogP contribution >= 0.6 is 0 Å². The zero-order chi connectivity index (χ0) is 14.6. The summed E-state index contributed by atoms with van der Waals surface area (Å²) in [4.78, 5) is 17.4. The molecule has 0 aliphatic carbocycles. The quantitative estimate of drug-likeness (QED) is 0.862. The molecule has 5 heteroatoms. The molecule has 4 nitrogen and oxygen atoms in total. The fourth-order valence-corrected chi connectivity index (χ4v) is 2.30. The zero-order valence-corrected chi connectivity index (χ0v) is 11.9. The number of halogens is 1. The standard InChI is InChI=1S/C14H21FN2O2/c1-5-12(11-8-7-10(15)9-16-11)17(6-2)14(3,4)13(18)19/h7-9,12H,5-6H2,1-4H3,(H,18,19). The number of carboxylic acids is 1. The first-order valence-corrected chi connectivity index (χ1v) is 6.46. The predicted octanol–water partition coefficient (Wildman–Crippen LogP) is 2.86. The Bertz CT molecular complexity index is 432. The van der Waals surface area contributed by atoms with E-state index in [0.29, 0.717) is 18.7 Å². The normalized spacial score (nSPS) is 13.6. The van der Waals surface area contributed by atoms with E-state index in [1.54, 1.807) is 19.9 Å². The molecule has 0 aromatic carbocycles. The third-order valence-corrected chi connectivity index (χ3v) is 3.44. The largest absolute Gasteiger partial charge is 0.480 e. The minimum atomic E-state index is -0.995. The number of pyridine rings is 1. The van der Waals surface area contributed by atoms with Gasteiger partial charge in [-0.15, -0.1) is 0 Å². The molecule has 1 rings (SSSR count). The van der Waals surface area contributed by atoms with Crippen molar-refractivity contribution in [3.8, 4) is 0 Å². The molecule has 0 saturated heterocycles. The van der Waals surface area contributed by atoms with Crippen molar-refractivity contribution in [3.63, 3.8) is 0 Å². The Morgan fingerprint density at radius 1 is 1.47 bits per heavy atom. The summed E-state index contributed by atoms with van der Waals surface area (Å²) < 4.78 is 12.9. The maximum atomic E-state index is 12.9. The fourth-order valence-electron chi connectivity index (χ4n) is 2.30. The molecule has 19 heavy (non-hydrogen) atoms. The van der Waals surface area contributed by atoms with Gasteiger partial charge in [0.15, 0.2) is 0 Å². The summed E-state index contributed by atoms with van der Waals surface area (Å²) in [6.45, 7) is 7.81. The fraction of sp³-hybridized carbons (Fsp3) is 0.571. The average molecular weight is 268 g/mol. The summed E-state index contributed by atoms with van der Waals surface area (Å²) in [5.41, 5.74) is -0.300. The highest BCUT2D eigenvalue weighted by Gasteiger charge is 2.38. The molecule has 0 aliphatic rings. The molecule has 0 saturated carbocycles. The van der Waals surface area contributed by atoms with Gasteiger partial charge in [-0.2, -0.15) is 0 Å². The van der Waals surface area contributed by atoms with Crippen molar-refractivity contribution in [2.45, 2.75) is 45.7 Å². The highest BCUT2D eigenvalue weighted by atomic mass is 19.1. The molecular weight excluding hydrogens is 247 g/mol. The number of carbonyl (C=O) groups is 1. The number of aliphatic carboxylic acids is 1. The van der Waals surface area contributed by atoms with Gasteiger partial charge in [-0.05, 0) is 38.9 Å². The molecule has 1 unspecified atom stereocenters. The number of carboxylic acid groups (broad SMARTS) is 1. The Hall–Kier alpha value is -1.49. The second kappa shape index (κ2) is 6.10. The van der Waals surface area contributed by atoms with Crippen LogP contribution in [-0.4, -0.2) is 33.0 Å². The summed E-state index contributed by atoms with van der Waals surface area (Å²) in [5, 5.41) is 9.36. The maximum absolute atomic E-state index is 12.9. The van der Waals surface area contributed by atoms with Gasteiger partial charge in [-0.25, -0.2) is 4.39 Å². The Balaban J connectivity index is 3.12. The smallest absolute Gasteiger partial charge is 0.323 e. The Kier molecular flexibility index (Phi) is 5.00. The predicted molar refractivity (Wildman–Crippen MR) is 71.3 cm³/mol. The lowest BCUT2D eigenvalue weighted by Crippen LogP contribution is -2.51. The summed E-state index contributed by atoms with van der Waals surface area (Å²) in [7, 11) is 0. The van der Waals surface area contributed by atoms with E-state index < -0.39 is 11.5 Å². The number of hydrogen-bond acceptors (Lipinski definition) is 3. The van der Waals surface area contributed by atoms with Gasteiger partial charge in [0, 0.05) is 0 Å². The van der Waals surface area contributed by atoms with Crippen LogP contribution in [0, 0.1) is 5.82 Å². The number of aromatic nitrogens is 1. The van der Waals surface area contributed by atoms with Crippen LogP contribution in [0.25, 0.3) is 0 Å². The number of rotatable bonds is 6. The molecule has 0 bridgehead atoms. The van der Waals surface area contributed by atoms with Gasteiger partial charge < -0.3 is 5.11 Å². The molecular formula is C14H21FN2O2. The van der Waals surface area contributed by atoms with Gasteiger partial charge >= 0.3 is 5.97 Å².